The summed E-state index contributed by atoms with van der Waals surface area (Å²) in [5, 5.41) is 6.09. The van der Waals surface area contributed by atoms with Crippen molar-refractivity contribution in [1.82, 2.24) is 0 Å². The van der Waals surface area contributed by atoms with Gasteiger partial charge in [-0.3, -0.25) is 4.79 Å². The van der Waals surface area contributed by atoms with E-state index in [0.29, 0.717) is 17.2 Å². The van der Waals surface area contributed by atoms with Gasteiger partial charge in [-0.25, -0.2) is 0 Å². The first-order chi connectivity index (χ1) is 11.4. The molecule has 24 heavy (non-hydrogen) atoms. The van der Waals surface area contributed by atoms with Gasteiger partial charge >= 0.3 is 0 Å². The number of carbonyl (C=O) groups is 1. The molecule has 0 saturated heterocycles. The van der Waals surface area contributed by atoms with Crippen LogP contribution in [0.3, 0.4) is 0 Å². The van der Waals surface area contributed by atoms with Crippen LogP contribution in [-0.4, -0.2) is 19.2 Å². The summed E-state index contributed by atoms with van der Waals surface area (Å²) in [5.74, 6) is 1.24. The smallest absolute Gasteiger partial charge is 0.243 e. The van der Waals surface area contributed by atoms with E-state index in [1.807, 2.05) is 18.2 Å². The predicted molar refractivity (Wildman–Crippen MR) is 94.8 cm³/mol. The van der Waals surface area contributed by atoms with Crippen LogP contribution in [0.2, 0.25) is 0 Å². The van der Waals surface area contributed by atoms with Gasteiger partial charge in [0.05, 0.1) is 6.54 Å². The van der Waals surface area contributed by atoms with Gasteiger partial charge in [-0.05, 0) is 29.2 Å². The molecule has 1 aliphatic rings. The minimum atomic E-state index is -0.113. The lowest BCUT2D eigenvalue weighted by Crippen LogP contribution is -2.23. The van der Waals surface area contributed by atoms with Gasteiger partial charge in [0, 0.05) is 17.4 Å². The lowest BCUT2D eigenvalue weighted by Gasteiger charge is -2.23. The molecule has 0 atom stereocenters. The maximum atomic E-state index is 12.2. The van der Waals surface area contributed by atoms with Crippen molar-refractivity contribution in [3.05, 3.63) is 48.0 Å². The zero-order chi connectivity index (χ0) is 17.2. The zero-order valence-electron chi connectivity index (χ0n) is 14.2. The Labute approximate surface area is 142 Å². The van der Waals surface area contributed by atoms with Crippen molar-refractivity contribution in [3.8, 4) is 11.5 Å². The van der Waals surface area contributed by atoms with Crippen molar-refractivity contribution in [2.24, 2.45) is 0 Å². The summed E-state index contributed by atoms with van der Waals surface area (Å²) in [4.78, 5) is 12.2. The highest BCUT2D eigenvalue weighted by atomic mass is 16.7. The molecule has 0 spiro atoms. The van der Waals surface area contributed by atoms with Gasteiger partial charge in [-0.1, -0.05) is 39.0 Å². The number of ether oxygens (including phenoxy) is 2. The molecule has 0 saturated carbocycles. The zero-order valence-corrected chi connectivity index (χ0v) is 14.2. The first-order valence-corrected chi connectivity index (χ1v) is 7.96. The molecular weight excluding hydrogens is 304 g/mol. The molecule has 1 heterocycles. The van der Waals surface area contributed by atoms with Crippen molar-refractivity contribution >= 4 is 17.3 Å². The highest BCUT2D eigenvalue weighted by Gasteiger charge is 2.18. The summed E-state index contributed by atoms with van der Waals surface area (Å²) in [6.45, 7) is 6.88. The number of amides is 1. The molecule has 2 aromatic rings. The summed E-state index contributed by atoms with van der Waals surface area (Å²) in [6.07, 6.45) is 0. The monoisotopic (exact) mass is 326 g/mol. The molecule has 0 fully saturated rings. The van der Waals surface area contributed by atoms with Crippen LogP contribution in [0.25, 0.3) is 0 Å². The van der Waals surface area contributed by atoms with Crippen molar-refractivity contribution < 1.29 is 14.3 Å². The highest BCUT2D eigenvalue weighted by molar-refractivity contribution is 5.94. The normalized spacial score (nSPS) is 12.8. The minimum absolute atomic E-state index is 0.0113. The second kappa shape index (κ2) is 6.43. The van der Waals surface area contributed by atoms with Gasteiger partial charge in [-0.2, -0.15) is 0 Å². The first-order valence-electron chi connectivity index (χ1n) is 7.96. The number of para-hydroxylation sites is 1. The second-order valence-corrected chi connectivity index (χ2v) is 6.77. The van der Waals surface area contributed by atoms with Gasteiger partial charge in [-0.15, -0.1) is 0 Å². The number of anilines is 2. The first kappa shape index (κ1) is 16.2. The molecule has 0 bridgehead atoms. The lowest BCUT2D eigenvalue weighted by molar-refractivity contribution is -0.114. The largest absolute Gasteiger partial charge is 0.454 e. The summed E-state index contributed by atoms with van der Waals surface area (Å²) >= 11 is 0. The van der Waals surface area contributed by atoms with Crippen LogP contribution < -0.4 is 20.1 Å². The molecule has 2 N–H and O–H groups in total. The molecule has 126 valence electrons. The third-order valence-corrected chi connectivity index (χ3v) is 3.83. The Bertz CT molecular complexity index is 751. The average molecular weight is 326 g/mol. The molecule has 0 aliphatic carbocycles. The Morgan fingerprint density at radius 3 is 2.62 bits per heavy atom. The molecule has 0 aromatic heterocycles. The molecule has 1 amide bonds. The van der Waals surface area contributed by atoms with Crippen LogP contribution in [-0.2, 0) is 10.2 Å². The number of hydrogen-bond acceptors (Lipinski definition) is 4. The van der Waals surface area contributed by atoms with Crippen LogP contribution in [0.1, 0.15) is 26.3 Å². The number of rotatable bonds is 4. The molecular formula is C19H22N2O3. The van der Waals surface area contributed by atoms with E-state index in [1.165, 1.54) is 5.56 Å². The maximum absolute atomic E-state index is 12.2. The Kier molecular flexibility index (Phi) is 4.34. The number of hydrogen-bond donors (Lipinski definition) is 2. The van der Waals surface area contributed by atoms with Gasteiger partial charge in [0.25, 0.3) is 0 Å². The number of carbonyl (C=O) groups excluding carboxylic acids is 1. The van der Waals surface area contributed by atoms with E-state index in [9.17, 15) is 4.79 Å². The topological polar surface area (TPSA) is 59.6 Å². The van der Waals surface area contributed by atoms with Crippen molar-refractivity contribution in [2.75, 3.05) is 24.0 Å². The number of fused-ring (bicyclic) bond motifs is 1. The lowest BCUT2D eigenvalue weighted by atomic mass is 9.86. The van der Waals surface area contributed by atoms with Crippen molar-refractivity contribution in [2.45, 2.75) is 26.2 Å². The second-order valence-electron chi connectivity index (χ2n) is 6.77. The van der Waals surface area contributed by atoms with E-state index in [-0.39, 0.29) is 24.7 Å². The molecule has 1 aliphatic heterocycles. The standard InChI is InChI=1S/C19H22N2O3/c1-19(2,3)14-6-4-5-7-15(14)20-11-18(22)21-13-8-9-16-17(10-13)24-12-23-16/h4-10,20H,11-12H2,1-3H3,(H,21,22). The summed E-state index contributed by atoms with van der Waals surface area (Å²) in [7, 11) is 0. The van der Waals surface area contributed by atoms with E-state index in [4.69, 9.17) is 9.47 Å². The molecule has 5 heteroatoms. The Hall–Kier alpha value is -2.69. The van der Waals surface area contributed by atoms with Gasteiger partial charge < -0.3 is 20.1 Å². The van der Waals surface area contributed by atoms with Gasteiger partial charge in [0.15, 0.2) is 11.5 Å². The van der Waals surface area contributed by atoms with Crippen LogP contribution in [0.15, 0.2) is 42.5 Å². The third-order valence-electron chi connectivity index (χ3n) is 3.83. The summed E-state index contributed by atoms with van der Waals surface area (Å²) in [6, 6.07) is 13.4. The van der Waals surface area contributed by atoms with Crippen molar-refractivity contribution in [1.29, 1.82) is 0 Å². The third kappa shape index (κ3) is 3.62. The SMILES string of the molecule is CC(C)(C)c1ccccc1NCC(=O)Nc1ccc2c(c1)OCO2. The molecule has 5 nitrogen and oxygen atoms in total. The highest BCUT2D eigenvalue weighted by Crippen LogP contribution is 2.34. The molecule has 3 rings (SSSR count). The van der Waals surface area contributed by atoms with E-state index in [0.717, 1.165) is 5.69 Å². The molecule has 0 unspecified atom stereocenters. The van der Waals surface area contributed by atoms with Crippen LogP contribution in [0.4, 0.5) is 11.4 Å². The van der Waals surface area contributed by atoms with E-state index < -0.39 is 0 Å². The molecule has 2 aromatic carbocycles. The Balaban J connectivity index is 1.62. The average Bonchev–Trinajstić information content (AvgIpc) is 3.00. The van der Waals surface area contributed by atoms with Crippen LogP contribution >= 0.6 is 0 Å². The fourth-order valence-electron chi connectivity index (χ4n) is 2.65. The Morgan fingerprint density at radius 1 is 1.08 bits per heavy atom. The quantitative estimate of drug-likeness (QED) is 0.898. The van der Waals surface area contributed by atoms with Gasteiger partial charge in [0.2, 0.25) is 12.7 Å². The van der Waals surface area contributed by atoms with Crippen molar-refractivity contribution in [3.63, 3.8) is 0 Å². The number of benzene rings is 2. The van der Waals surface area contributed by atoms with Crippen LogP contribution in [0, 0.1) is 0 Å². The minimum Gasteiger partial charge on any atom is -0.454 e. The Morgan fingerprint density at radius 2 is 1.83 bits per heavy atom. The fourth-order valence-corrected chi connectivity index (χ4v) is 2.65. The van der Waals surface area contributed by atoms with Gasteiger partial charge in [0.1, 0.15) is 0 Å². The summed E-state index contributed by atoms with van der Waals surface area (Å²) in [5.41, 5.74) is 2.86. The fraction of sp³-hybridized carbons (Fsp3) is 0.316. The van der Waals surface area contributed by atoms with E-state index >= 15 is 0 Å². The number of nitrogens with one attached hydrogen (secondary N) is 2. The van der Waals surface area contributed by atoms with E-state index in [1.54, 1.807) is 18.2 Å². The predicted octanol–water partition coefficient (Wildman–Crippen LogP) is 3.76. The summed E-state index contributed by atoms with van der Waals surface area (Å²) < 4.78 is 10.6. The van der Waals surface area contributed by atoms with Crippen LogP contribution in [0.5, 0.6) is 11.5 Å². The molecule has 0 radical (unpaired) electrons. The van der Waals surface area contributed by atoms with E-state index in [2.05, 4.69) is 37.5 Å². The maximum Gasteiger partial charge on any atom is 0.243 e.